The molecule has 0 saturated carbocycles. The summed E-state index contributed by atoms with van der Waals surface area (Å²) >= 11 is 0. The number of aliphatic carboxylic acids is 2. The highest BCUT2D eigenvalue weighted by atomic mass is 16.5. The molecule has 0 unspecified atom stereocenters. The molecule has 0 bridgehead atoms. The minimum Gasteiger partial charge on any atom is -0.482 e. The van der Waals surface area contributed by atoms with Gasteiger partial charge in [-0.1, -0.05) is 32.0 Å². The van der Waals surface area contributed by atoms with Gasteiger partial charge in [0.1, 0.15) is 11.8 Å². The third-order valence-corrected chi connectivity index (χ3v) is 2.77. The molecule has 0 aliphatic carbocycles. The number of ether oxygens (including phenoxy) is 1. The standard InChI is InChI=1S/C14H19NO5/c1-9(2)13(14(18)19)15-7-10-5-3-4-6-11(10)20-8-12(16)17/h3-6,9,13,15H,7-8H2,1-2H3,(H,16,17)(H,18,19)/t13-/m1/s1. The number of hydrogen-bond acceptors (Lipinski definition) is 4. The molecule has 0 spiro atoms. The molecule has 0 heterocycles. The number of rotatable bonds is 8. The molecule has 0 radical (unpaired) electrons. The summed E-state index contributed by atoms with van der Waals surface area (Å²) in [5, 5.41) is 20.6. The van der Waals surface area contributed by atoms with Gasteiger partial charge in [0.15, 0.2) is 6.61 Å². The lowest BCUT2D eigenvalue weighted by atomic mass is 10.0. The van der Waals surface area contributed by atoms with Gasteiger partial charge in [0.2, 0.25) is 0 Å². The Morgan fingerprint density at radius 1 is 1.25 bits per heavy atom. The molecule has 0 aliphatic heterocycles. The van der Waals surface area contributed by atoms with E-state index >= 15 is 0 Å². The molecule has 1 aromatic carbocycles. The first kappa shape index (κ1) is 16.0. The van der Waals surface area contributed by atoms with Gasteiger partial charge < -0.3 is 14.9 Å². The van der Waals surface area contributed by atoms with E-state index in [2.05, 4.69) is 5.32 Å². The molecule has 6 heteroatoms. The van der Waals surface area contributed by atoms with Gasteiger partial charge in [0.05, 0.1) is 0 Å². The Morgan fingerprint density at radius 3 is 2.45 bits per heavy atom. The third-order valence-electron chi connectivity index (χ3n) is 2.77. The summed E-state index contributed by atoms with van der Waals surface area (Å²) in [7, 11) is 0. The van der Waals surface area contributed by atoms with Gasteiger partial charge in [0.25, 0.3) is 0 Å². The maximum atomic E-state index is 11.1. The smallest absolute Gasteiger partial charge is 0.341 e. The Labute approximate surface area is 117 Å². The van der Waals surface area contributed by atoms with Gasteiger partial charge in [-0.05, 0) is 12.0 Å². The lowest BCUT2D eigenvalue weighted by Gasteiger charge is -2.19. The molecule has 0 fully saturated rings. The SMILES string of the molecule is CC(C)[C@@H](NCc1ccccc1OCC(=O)O)C(=O)O. The fourth-order valence-electron chi connectivity index (χ4n) is 1.76. The zero-order valence-electron chi connectivity index (χ0n) is 11.5. The number of carboxylic acids is 2. The van der Waals surface area contributed by atoms with E-state index in [1.807, 2.05) is 13.8 Å². The lowest BCUT2D eigenvalue weighted by molar-refractivity contribution is -0.141. The number of benzene rings is 1. The van der Waals surface area contributed by atoms with Crippen molar-refractivity contribution >= 4 is 11.9 Å². The Hall–Kier alpha value is -2.08. The van der Waals surface area contributed by atoms with Crippen molar-refractivity contribution < 1.29 is 24.5 Å². The van der Waals surface area contributed by atoms with Crippen molar-refractivity contribution in [3.05, 3.63) is 29.8 Å². The van der Waals surface area contributed by atoms with E-state index in [0.29, 0.717) is 12.3 Å². The minimum absolute atomic E-state index is 0.0559. The molecule has 20 heavy (non-hydrogen) atoms. The molecule has 1 aromatic rings. The van der Waals surface area contributed by atoms with Gasteiger partial charge in [-0.3, -0.25) is 10.1 Å². The van der Waals surface area contributed by atoms with Gasteiger partial charge in [-0.2, -0.15) is 0 Å². The summed E-state index contributed by atoms with van der Waals surface area (Å²) < 4.78 is 5.16. The van der Waals surface area contributed by atoms with Crippen LogP contribution in [0.3, 0.4) is 0 Å². The molecular formula is C14H19NO5. The van der Waals surface area contributed by atoms with Crippen LogP contribution >= 0.6 is 0 Å². The molecule has 1 rings (SSSR count). The van der Waals surface area contributed by atoms with E-state index in [4.69, 9.17) is 14.9 Å². The second kappa shape index (κ2) is 7.49. The van der Waals surface area contributed by atoms with E-state index < -0.39 is 24.6 Å². The number of para-hydroxylation sites is 1. The van der Waals surface area contributed by atoms with Crippen molar-refractivity contribution in [1.82, 2.24) is 5.32 Å². The van der Waals surface area contributed by atoms with Crippen LogP contribution in [0.25, 0.3) is 0 Å². The van der Waals surface area contributed by atoms with E-state index in [9.17, 15) is 9.59 Å². The van der Waals surface area contributed by atoms with Crippen LogP contribution in [-0.2, 0) is 16.1 Å². The zero-order chi connectivity index (χ0) is 15.1. The zero-order valence-corrected chi connectivity index (χ0v) is 11.5. The third kappa shape index (κ3) is 4.89. The molecule has 3 N–H and O–H groups in total. The largest absolute Gasteiger partial charge is 0.482 e. The average molecular weight is 281 g/mol. The molecule has 0 saturated heterocycles. The summed E-state index contributed by atoms with van der Waals surface area (Å²) in [5.41, 5.74) is 0.723. The first-order valence-corrected chi connectivity index (χ1v) is 6.30. The Kier molecular flexibility index (Phi) is 5.99. The molecular weight excluding hydrogens is 262 g/mol. The van der Waals surface area contributed by atoms with Gasteiger partial charge in [0, 0.05) is 12.1 Å². The summed E-state index contributed by atoms with van der Waals surface area (Å²) in [5.74, 6) is -1.59. The van der Waals surface area contributed by atoms with Crippen molar-refractivity contribution in [1.29, 1.82) is 0 Å². The number of hydrogen-bond donors (Lipinski definition) is 3. The Morgan fingerprint density at radius 2 is 1.90 bits per heavy atom. The second-order valence-electron chi connectivity index (χ2n) is 4.73. The van der Waals surface area contributed by atoms with Crippen LogP contribution < -0.4 is 10.1 Å². The van der Waals surface area contributed by atoms with Crippen molar-refractivity contribution in [2.75, 3.05) is 6.61 Å². The fraction of sp³-hybridized carbons (Fsp3) is 0.429. The molecule has 0 amide bonds. The van der Waals surface area contributed by atoms with E-state index in [1.54, 1.807) is 24.3 Å². The van der Waals surface area contributed by atoms with Gasteiger partial charge in [-0.15, -0.1) is 0 Å². The van der Waals surface area contributed by atoms with Crippen LogP contribution in [-0.4, -0.2) is 34.8 Å². The summed E-state index contributed by atoms with van der Waals surface area (Å²) in [6, 6.07) is 6.28. The molecule has 1 atom stereocenters. The van der Waals surface area contributed by atoms with Crippen molar-refractivity contribution in [3.8, 4) is 5.75 Å². The molecule has 110 valence electrons. The van der Waals surface area contributed by atoms with E-state index in [-0.39, 0.29) is 5.92 Å². The van der Waals surface area contributed by atoms with Crippen LogP contribution in [0, 0.1) is 5.92 Å². The quantitative estimate of drug-likeness (QED) is 0.665. The Bertz CT molecular complexity index is 472. The predicted molar refractivity (Wildman–Crippen MR) is 72.7 cm³/mol. The van der Waals surface area contributed by atoms with Crippen LogP contribution in [0.5, 0.6) is 5.75 Å². The van der Waals surface area contributed by atoms with Crippen molar-refractivity contribution in [2.24, 2.45) is 5.92 Å². The highest BCUT2D eigenvalue weighted by molar-refractivity contribution is 5.73. The normalized spacial score (nSPS) is 12.2. The summed E-state index contributed by atoms with van der Waals surface area (Å²) in [4.78, 5) is 21.6. The second-order valence-corrected chi connectivity index (χ2v) is 4.73. The van der Waals surface area contributed by atoms with Crippen LogP contribution in [0.4, 0.5) is 0 Å². The van der Waals surface area contributed by atoms with Crippen molar-refractivity contribution in [3.63, 3.8) is 0 Å². The summed E-state index contributed by atoms with van der Waals surface area (Å²) in [6.07, 6.45) is 0. The highest BCUT2D eigenvalue weighted by Gasteiger charge is 2.20. The lowest BCUT2D eigenvalue weighted by Crippen LogP contribution is -2.40. The van der Waals surface area contributed by atoms with E-state index in [0.717, 1.165) is 5.56 Å². The first-order valence-electron chi connectivity index (χ1n) is 6.30. The topological polar surface area (TPSA) is 95.9 Å². The number of nitrogens with one attached hydrogen (secondary N) is 1. The maximum Gasteiger partial charge on any atom is 0.341 e. The maximum absolute atomic E-state index is 11.1. The van der Waals surface area contributed by atoms with Crippen LogP contribution in [0.1, 0.15) is 19.4 Å². The van der Waals surface area contributed by atoms with Crippen molar-refractivity contribution in [2.45, 2.75) is 26.4 Å². The first-order chi connectivity index (χ1) is 9.41. The monoisotopic (exact) mass is 281 g/mol. The van der Waals surface area contributed by atoms with Crippen LogP contribution in [0.15, 0.2) is 24.3 Å². The number of carbonyl (C=O) groups is 2. The van der Waals surface area contributed by atoms with Crippen LogP contribution in [0.2, 0.25) is 0 Å². The van der Waals surface area contributed by atoms with Gasteiger partial charge in [-0.25, -0.2) is 4.79 Å². The fourth-order valence-corrected chi connectivity index (χ4v) is 1.76. The Balaban J connectivity index is 2.71. The average Bonchev–Trinajstić information content (AvgIpc) is 2.36. The van der Waals surface area contributed by atoms with E-state index in [1.165, 1.54) is 0 Å². The molecule has 0 aliphatic rings. The predicted octanol–water partition coefficient (Wildman–Crippen LogP) is 1.35. The number of carboxylic acid groups (broad SMARTS) is 2. The molecule has 0 aromatic heterocycles. The minimum atomic E-state index is -1.06. The summed E-state index contributed by atoms with van der Waals surface area (Å²) in [6.45, 7) is 3.51. The molecule has 6 nitrogen and oxygen atoms in total. The van der Waals surface area contributed by atoms with Gasteiger partial charge >= 0.3 is 11.9 Å². The highest BCUT2D eigenvalue weighted by Crippen LogP contribution is 2.18.